The van der Waals surface area contributed by atoms with E-state index >= 15 is 0 Å². The van der Waals surface area contributed by atoms with E-state index in [1.54, 1.807) is 36.3 Å². The number of amides is 1. The van der Waals surface area contributed by atoms with E-state index < -0.39 is 9.84 Å². The first-order valence-corrected chi connectivity index (χ1v) is 13.7. The number of methoxy groups -OCH3 is 1. The number of carbonyl (C=O) groups is 1. The molecule has 0 N–H and O–H groups in total. The van der Waals surface area contributed by atoms with Gasteiger partial charge in [0, 0.05) is 19.3 Å². The lowest BCUT2D eigenvalue weighted by molar-refractivity contribution is -0.118. The van der Waals surface area contributed by atoms with Crippen LogP contribution in [-0.2, 0) is 21.1 Å². The van der Waals surface area contributed by atoms with Crippen molar-refractivity contribution in [1.29, 1.82) is 0 Å². The van der Waals surface area contributed by atoms with Crippen molar-refractivity contribution in [3.05, 3.63) is 47.0 Å². The Kier molecular flexibility index (Phi) is 10.1. The van der Waals surface area contributed by atoms with Gasteiger partial charge in [-0.15, -0.1) is 12.4 Å². The Labute approximate surface area is 216 Å². The van der Waals surface area contributed by atoms with Crippen LogP contribution in [0.15, 0.2) is 41.3 Å². The molecule has 0 spiro atoms. The average Bonchev–Trinajstić information content (AvgIpc) is 3.23. The summed E-state index contributed by atoms with van der Waals surface area (Å²) in [5, 5.41) is 1.11. The molecule has 3 rings (SSSR count). The van der Waals surface area contributed by atoms with Crippen molar-refractivity contribution in [1.82, 2.24) is 9.88 Å². The highest BCUT2D eigenvalue weighted by molar-refractivity contribution is 7.90. The molecule has 0 saturated carbocycles. The molecule has 0 aliphatic carbocycles. The Morgan fingerprint density at radius 3 is 2.29 bits per heavy atom. The minimum atomic E-state index is -3.29. The molecule has 0 aliphatic heterocycles. The third-order valence-electron chi connectivity index (χ3n) is 5.44. The van der Waals surface area contributed by atoms with Crippen LogP contribution in [0, 0.1) is 0 Å². The third kappa shape index (κ3) is 6.60. The summed E-state index contributed by atoms with van der Waals surface area (Å²) in [4.78, 5) is 22.2. The third-order valence-corrected chi connectivity index (χ3v) is 8.11. The van der Waals surface area contributed by atoms with Gasteiger partial charge in [-0.1, -0.05) is 48.9 Å². The number of rotatable bonds is 10. The zero-order valence-electron chi connectivity index (χ0n) is 19.6. The normalized spacial score (nSPS) is 11.5. The fraction of sp³-hybridized carbons (Fsp3) is 0.391. The maximum absolute atomic E-state index is 13.4. The zero-order chi connectivity index (χ0) is 24.2. The molecule has 0 saturated heterocycles. The molecule has 1 heterocycles. The Morgan fingerprint density at radius 2 is 1.74 bits per heavy atom. The number of carbonyl (C=O) groups excluding carboxylic acids is 1. The summed E-state index contributed by atoms with van der Waals surface area (Å²) < 4.78 is 29.6. The minimum absolute atomic E-state index is 0. The summed E-state index contributed by atoms with van der Waals surface area (Å²) in [6.45, 7) is 7.10. The van der Waals surface area contributed by atoms with Crippen LogP contribution in [-0.4, -0.2) is 63.8 Å². The smallest absolute Gasteiger partial charge is 0.233 e. The van der Waals surface area contributed by atoms with Crippen molar-refractivity contribution in [3.8, 4) is 5.75 Å². The van der Waals surface area contributed by atoms with Gasteiger partial charge in [0.15, 0.2) is 15.0 Å². The number of hydrogen-bond donors (Lipinski definition) is 0. The number of halogens is 2. The van der Waals surface area contributed by atoms with Crippen molar-refractivity contribution in [2.75, 3.05) is 44.4 Å². The average molecular weight is 547 g/mol. The summed E-state index contributed by atoms with van der Waals surface area (Å²) in [6.07, 6.45) is 1.29. The van der Waals surface area contributed by atoms with E-state index in [0.29, 0.717) is 34.5 Å². The molecule has 2 aromatic carbocycles. The van der Waals surface area contributed by atoms with Gasteiger partial charge in [-0.3, -0.25) is 9.69 Å². The number of thiazole rings is 1. The molecule has 0 bridgehead atoms. The quantitative estimate of drug-likeness (QED) is 0.367. The van der Waals surface area contributed by atoms with Crippen LogP contribution in [0.2, 0.25) is 5.02 Å². The molecular formula is C23H29Cl2N3O4S2. The molecule has 186 valence electrons. The first-order chi connectivity index (χ1) is 15.7. The number of likely N-dealkylation sites (N-methyl/N-ethyl adjacent to an activating group) is 1. The molecule has 3 aromatic rings. The highest BCUT2D eigenvalue weighted by Crippen LogP contribution is 2.38. The Morgan fingerprint density at radius 1 is 1.09 bits per heavy atom. The van der Waals surface area contributed by atoms with Crippen LogP contribution in [0.4, 0.5) is 5.13 Å². The molecule has 1 aromatic heterocycles. The van der Waals surface area contributed by atoms with Gasteiger partial charge in [0.2, 0.25) is 5.91 Å². The first kappa shape index (κ1) is 28.3. The molecule has 0 unspecified atom stereocenters. The van der Waals surface area contributed by atoms with E-state index in [4.69, 9.17) is 21.3 Å². The summed E-state index contributed by atoms with van der Waals surface area (Å²) in [6, 6.07) is 9.93. The van der Waals surface area contributed by atoms with Gasteiger partial charge in [-0.25, -0.2) is 13.4 Å². The molecule has 0 atom stereocenters. The van der Waals surface area contributed by atoms with Gasteiger partial charge >= 0.3 is 0 Å². The van der Waals surface area contributed by atoms with E-state index in [9.17, 15) is 13.2 Å². The van der Waals surface area contributed by atoms with Crippen LogP contribution in [0.25, 0.3) is 10.2 Å². The number of hydrogen-bond acceptors (Lipinski definition) is 7. The lowest BCUT2D eigenvalue weighted by Gasteiger charge is -2.24. The van der Waals surface area contributed by atoms with E-state index in [2.05, 4.69) is 18.7 Å². The molecule has 11 heteroatoms. The van der Waals surface area contributed by atoms with Gasteiger partial charge in [-0.05, 0) is 42.9 Å². The number of nitrogens with zero attached hydrogens (tertiary/aromatic N) is 3. The zero-order valence-corrected chi connectivity index (χ0v) is 22.8. The fourth-order valence-electron chi connectivity index (χ4n) is 3.45. The second-order valence-corrected chi connectivity index (χ2v) is 11.0. The monoisotopic (exact) mass is 545 g/mol. The lowest BCUT2D eigenvalue weighted by atomic mass is 10.1. The van der Waals surface area contributed by atoms with E-state index in [0.717, 1.165) is 29.6 Å². The predicted octanol–water partition coefficient (Wildman–Crippen LogP) is 4.70. The standard InChI is InChI=1S/C23H28ClN3O4S2.ClH/c1-5-26(6-2)13-14-27(20(28)15-16-7-9-17(10-8-16)33(4,29)30)23-25-21-19(31-3)12-11-18(24)22(21)32-23;/h7-12H,5-6,13-15H2,1-4H3;1H. The van der Waals surface area contributed by atoms with Gasteiger partial charge < -0.3 is 9.64 Å². The second-order valence-electron chi connectivity index (χ2n) is 7.59. The topological polar surface area (TPSA) is 79.8 Å². The van der Waals surface area contributed by atoms with E-state index in [1.165, 1.54) is 23.5 Å². The summed E-state index contributed by atoms with van der Waals surface area (Å²) >= 11 is 7.75. The fourth-order valence-corrected chi connectivity index (χ4v) is 5.38. The van der Waals surface area contributed by atoms with Crippen molar-refractivity contribution < 1.29 is 17.9 Å². The van der Waals surface area contributed by atoms with Crippen LogP contribution >= 0.6 is 35.3 Å². The largest absolute Gasteiger partial charge is 0.494 e. The van der Waals surface area contributed by atoms with Crippen molar-refractivity contribution in [3.63, 3.8) is 0 Å². The van der Waals surface area contributed by atoms with Crippen LogP contribution < -0.4 is 9.64 Å². The number of benzene rings is 2. The van der Waals surface area contributed by atoms with Gasteiger partial charge in [0.1, 0.15) is 11.3 Å². The van der Waals surface area contributed by atoms with Gasteiger partial charge in [0.05, 0.1) is 28.1 Å². The number of ether oxygens (including phenoxy) is 1. The maximum atomic E-state index is 13.4. The maximum Gasteiger partial charge on any atom is 0.233 e. The molecule has 0 radical (unpaired) electrons. The van der Waals surface area contributed by atoms with Crippen LogP contribution in [0.1, 0.15) is 19.4 Å². The molecule has 0 aliphatic rings. The van der Waals surface area contributed by atoms with Crippen molar-refractivity contribution in [2.24, 2.45) is 0 Å². The SMILES string of the molecule is CCN(CC)CCN(C(=O)Cc1ccc(S(C)(=O)=O)cc1)c1nc2c(OC)ccc(Cl)c2s1.Cl. The minimum Gasteiger partial charge on any atom is -0.494 e. The summed E-state index contributed by atoms with van der Waals surface area (Å²) in [7, 11) is -1.72. The number of sulfone groups is 1. The number of fused-ring (bicyclic) bond motifs is 1. The Bertz CT molecular complexity index is 1230. The molecule has 0 fully saturated rings. The molecule has 34 heavy (non-hydrogen) atoms. The summed E-state index contributed by atoms with van der Waals surface area (Å²) in [5.41, 5.74) is 1.36. The van der Waals surface area contributed by atoms with Gasteiger partial charge in [-0.2, -0.15) is 0 Å². The van der Waals surface area contributed by atoms with Gasteiger partial charge in [0.25, 0.3) is 0 Å². The highest BCUT2D eigenvalue weighted by Gasteiger charge is 2.23. The van der Waals surface area contributed by atoms with Crippen LogP contribution in [0.3, 0.4) is 0 Å². The van der Waals surface area contributed by atoms with E-state index in [1.807, 2.05) is 0 Å². The molecule has 1 amide bonds. The number of anilines is 1. The lowest BCUT2D eigenvalue weighted by Crippen LogP contribution is -2.39. The highest BCUT2D eigenvalue weighted by atomic mass is 35.5. The molecular weight excluding hydrogens is 517 g/mol. The predicted molar refractivity (Wildman–Crippen MR) is 142 cm³/mol. The van der Waals surface area contributed by atoms with Crippen molar-refractivity contribution >= 4 is 66.4 Å². The van der Waals surface area contributed by atoms with Crippen LogP contribution in [0.5, 0.6) is 5.75 Å². The van der Waals surface area contributed by atoms with E-state index in [-0.39, 0.29) is 29.6 Å². The van der Waals surface area contributed by atoms with Crippen molar-refractivity contribution in [2.45, 2.75) is 25.2 Å². The summed E-state index contributed by atoms with van der Waals surface area (Å²) in [5.74, 6) is 0.479. The first-order valence-electron chi connectivity index (χ1n) is 10.6. The second kappa shape index (κ2) is 12.2. The number of aromatic nitrogens is 1. The molecule has 7 nitrogen and oxygen atoms in total. The Hall–Kier alpha value is -1.91. The Balaban J connectivity index is 0.00000408.